The number of unbranched alkanes of at least 4 members (excludes halogenated alkanes) is 2. The first kappa shape index (κ1) is 36.5. The zero-order valence-electron chi connectivity index (χ0n) is 26.6. The Morgan fingerprint density at radius 1 is 0.804 bits per heavy atom. The van der Waals surface area contributed by atoms with E-state index in [9.17, 15) is 28.0 Å². The molecule has 0 aliphatic heterocycles. The van der Waals surface area contributed by atoms with Crippen molar-refractivity contribution in [3.63, 3.8) is 0 Å². The molecule has 5 N–H and O–H groups in total. The zero-order valence-corrected chi connectivity index (χ0v) is 27.4. The van der Waals surface area contributed by atoms with E-state index in [0.29, 0.717) is 38.0 Å². The van der Waals surface area contributed by atoms with E-state index in [-0.39, 0.29) is 30.4 Å². The summed E-state index contributed by atoms with van der Waals surface area (Å²) in [6, 6.07) is 19.9. The molecule has 0 radical (unpaired) electrons. The molecule has 11 nitrogen and oxygen atoms in total. The van der Waals surface area contributed by atoms with Crippen LogP contribution in [0.15, 0.2) is 66.7 Å². The molecule has 3 rings (SSSR count). The number of benzene rings is 3. The largest absolute Gasteiger partial charge is 0.494 e. The predicted molar refractivity (Wildman–Crippen MR) is 176 cm³/mol. The van der Waals surface area contributed by atoms with Gasteiger partial charge in [-0.05, 0) is 72.1 Å². The first-order valence-electron chi connectivity index (χ1n) is 15.5. The van der Waals surface area contributed by atoms with Gasteiger partial charge in [-0.15, -0.1) is 0 Å². The molecule has 0 aromatic heterocycles. The minimum absolute atomic E-state index is 0.0510. The summed E-state index contributed by atoms with van der Waals surface area (Å²) in [6.45, 7) is 4.27. The third-order valence-corrected chi connectivity index (χ3v) is 8.63. The molecule has 3 atom stereocenters. The number of rotatable bonds is 18. The Bertz CT molecular complexity index is 1560. The molecule has 3 aromatic rings. The van der Waals surface area contributed by atoms with Crippen LogP contribution >= 0.6 is 0 Å². The highest BCUT2D eigenvalue weighted by Gasteiger charge is 2.36. The Hall–Kier alpha value is -4.00. The standard InChI is InChI=1S/C34H45N3O8S/c1-23(2)19-29(30(33(39)37-41)21-25-11-14-26-9-5-6-10-27(26)20-25)32(38)36-31(34(40)35-3)22-24-12-15-28(16-13-24)45-17-7-4-8-18-46(42,43)44/h5-6,9-16,20,23,29-31,41H,4,7-8,17-19,21-22H2,1-3H3,(H,35,40)(H,36,38)(H,37,39)(H,42,43,44). The van der Waals surface area contributed by atoms with E-state index in [2.05, 4.69) is 10.6 Å². The van der Waals surface area contributed by atoms with Crippen LogP contribution in [0.25, 0.3) is 10.8 Å². The summed E-state index contributed by atoms with van der Waals surface area (Å²) in [4.78, 5) is 39.8. The highest BCUT2D eigenvalue weighted by atomic mass is 32.2. The van der Waals surface area contributed by atoms with Crippen molar-refractivity contribution < 1.29 is 37.3 Å². The molecule has 3 unspecified atom stereocenters. The monoisotopic (exact) mass is 655 g/mol. The zero-order chi connectivity index (χ0) is 33.7. The van der Waals surface area contributed by atoms with Gasteiger partial charge >= 0.3 is 0 Å². The van der Waals surface area contributed by atoms with Gasteiger partial charge in [-0.3, -0.25) is 24.1 Å². The van der Waals surface area contributed by atoms with Gasteiger partial charge in [-0.1, -0.05) is 68.4 Å². The van der Waals surface area contributed by atoms with Crippen LogP contribution in [0.1, 0.15) is 50.7 Å². The number of amides is 3. The first-order chi connectivity index (χ1) is 21.9. The quantitative estimate of drug-likeness (QED) is 0.0591. The van der Waals surface area contributed by atoms with E-state index in [0.717, 1.165) is 21.9 Å². The molecule has 0 bridgehead atoms. The number of carbonyl (C=O) groups excluding carboxylic acids is 3. The summed E-state index contributed by atoms with van der Waals surface area (Å²) in [7, 11) is -2.47. The summed E-state index contributed by atoms with van der Waals surface area (Å²) in [6.07, 6.45) is 2.33. The SMILES string of the molecule is CNC(=O)C(Cc1ccc(OCCCCCS(=O)(=O)O)cc1)NC(=O)C(CC(C)C)C(Cc1ccc2ccccc2c1)C(=O)NO. The maximum Gasteiger partial charge on any atom is 0.264 e. The van der Waals surface area contributed by atoms with E-state index in [4.69, 9.17) is 9.29 Å². The maximum absolute atomic E-state index is 13.8. The second kappa shape index (κ2) is 17.6. The molecule has 250 valence electrons. The fourth-order valence-corrected chi connectivity index (χ4v) is 6.02. The number of hydrogen-bond acceptors (Lipinski definition) is 7. The van der Waals surface area contributed by atoms with Gasteiger partial charge in [0, 0.05) is 13.5 Å². The third kappa shape index (κ3) is 11.7. The molecule has 0 saturated carbocycles. The molecule has 3 aromatic carbocycles. The van der Waals surface area contributed by atoms with Crippen molar-refractivity contribution in [1.82, 2.24) is 16.1 Å². The molecule has 0 aliphatic carbocycles. The van der Waals surface area contributed by atoms with Crippen LogP contribution in [0.3, 0.4) is 0 Å². The minimum Gasteiger partial charge on any atom is -0.494 e. The minimum atomic E-state index is -3.96. The van der Waals surface area contributed by atoms with E-state index >= 15 is 0 Å². The van der Waals surface area contributed by atoms with E-state index in [1.165, 1.54) is 7.05 Å². The lowest BCUT2D eigenvalue weighted by molar-refractivity contribution is -0.141. The van der Waals surface area contributed by atoms with Gasteiger partial charge in [0.25, 0.3) is 10.1 Å². The van der Waals surface area contributed by atoms with Crippen molar-refractivity contribution in [3.05, 3.63) is 77.9 Å². The lowest BCUT2D eigenvalue weighted by atomic mass is 9.80. The van der Waals surface area contributed by atoms with Crippen molar-refractivity contribution in [3.8, 4) is 5.75 Å². The topological polar surface area (TPSA) is 171 Å². The van der Waals surface area contributed by atoms with Crippen LogP contribution in [-0.2, 0) is 37.3 Å². The van der Waals surface area contributed by atoms with E-state index in [1.54, 1.807) is 29.7 Å². The van der Waals surface area contributed by atoms with Crippen molar-refractivity contribution in [1.29, 1.82) is 0 Å². The Morgan fingerprint density at radius 3 is 2.11 bits per heavy atom. The summed E-state index contributed by atoms with van der Waals surface area (Å²) < 4.78 is 36.1. The van der Waals surface area contributed by atoms with E-state index < -0.39 is 39.8 Å². The Balaban J connectivity index is 1.71. The number of carbonyl (C=O) groups is 3. The van der Waals surface area contributed by atoms with Crippen molar-refractivity contribution in [2.45, 2.75) is 58.4 Å². The summed E-state index contributed by atoms with van der Waals surface area (Å²) >= 11 is 0. The molecule has 3 amide bonds. The first-order valence-corrected chi connectivity index (χ1v) is 17.1. The molecule has 0 spiro atoms. The number of fused-ring (bicyclic) bond motifs is 1. The Labute approximate surface area is 270 Å². The van der Waals surface area contributed by atoms with Gasteiger partial charge in [0.2, 0.25) is 17.7 Å². The van der Waals surface area contributed by atoms with Gasteiger partial charge in [0.1, 0.15) is 11.8 Å². The normalized spacial score (nSPS) is 13.5. The van der Waals surface area contributed by atoms with E-state index in [1.807, 2.05) is 56.3 Å². The lowest BCUT2D eigenvalue weighted by Gasteiger charge is -2.28. The van der Waals surface area contributed by atoms with Crippen molar-refractivity contribution in [2.75, 3.05) is 19.4 Å². The second-order valence-corrected chi connectivity index (χ2v) is 13.5. The highest BCUT2D eigenvalue weighted by molar-refractivity contribution is 7.85. The third-order valence-electron chi connectivity index (χ3n) is 7.82. The average Bonchev–Trinajstić information content (AvgIpc) is 3.03. The fraction of sp³-hybridized carbons (Fsp3) is 0.441. The predicted octanol–water partition coefficient (Wildman–Crippen LogP) is 4.08. The number of ether oxygens (including phenoxy) is 1. The van der Waals surface area contributed by atoms with Crippen LogP contribution in [0.5, 0.6) is 5.75 Å². The van der Waals surface area contributed by atoms with Crippen molar-refractivity contribution >= 4 is 38.6 Å². The molecular formula is C34H45N3O8S. The number of likely N-dealkylation sites (N-methyl/N-ethyl adjacent to an activating group) is 1. The lowest BCUT2D eigenvalue weighted by Crippen LogP contribution is -2.51. The molecule has 0 fully saturated rings. The number of hydroxylamine groups is 1. The summed E-state index contributed by atoms with van der Waals surface area (Å²) in [5.74, 6) is -2.84. The highest BCUT2D eigenvalue weighted by Crippen LogP contribution is 2.27. The average molecular weight is 656 g/mol. The molecule has 0 heterocycles. The van der Waals surface area contributed by atoms with Crippen LogP contribution < -0.4 is 20.9 Å². The molecular weight excluding hydrogens is 610 g/mol. The molecule has 0 aliphatic rings. The van der Waals surface area contributed by atoms with Gasteiger partial charge in [-0.2, -0.15) is 8.42 Å². The second-order valence-electron chi connectivity index (χ2n) is 11.9. The number of hydrogen-bond donors (Lipinski definition) is 5. The molecule has 46 heavy (non-hydrogen) atoms. The Kier molecular flexibility index (Phi) is 14.0. The van der Waals surface area contributed by atoms with Gasteiger partial charge in [-0.25, -0.2) is 5.48 Å². The molecule has 12 heteroatoms. The van der Waals surface area contributed by atoms with Gasteiger partial charge in [0.05, 0.1) is 24.2 Å². The van der Waals surface area contributed by atoms with Crippen LogP contribution in [0, 0.1) is 17.8 Å². The van der Waals surface area contributed by atoms with Gasteiger partial charge in [0.15, 0.2) is 0 Å². The van der Waals surface area contributed by atoms with Crippen molar-refractivity contribution in [2.24, 2.45) is 17.8 Å². The molecule has 0 saturated heterocycles. The van der Waals surface area contributed by atoms with Crippen LogP contribution in [0.2, 0.25) is 0 Å². The van der Waals surface area contributed by atoms with Gasteiger partial charge < -0.3 is 15.4 Å². The Morgan fingerprint density at radius 2 is 1.48 bits per heavy atom. The summed E-state index contributed by atoms with van der Waals surface area (Å²) in [5.41, 5.74) is 3.37. The van der Waals surface area contributed by atoms with Crippen LogP contribution in [0.4, 0.5) is 0 Å². The fourth-order valence-electron chi connectivity index (χ4n) is 5.46. The number of nitrogens with one attached hydrogen (secondary N) is 3. The van der Waals surface area contributed by atoms with Crippen LogP contribution in [-0.4, -0.2) is 61.3 Å². The summed E-state index contributed by atoms with van der Waals surface area (Å²) in [5, 5.41) is 17.2. The maximum atomic E-state index is 13.8. The smallest absolute Gasteiger partial charge is 0.264 e.